The summed E-state index contributed by atoms with van der Waals surface area (Å²) in [6, 6.07) is 10.6. The third kappa shape index (κ3) is 5.94. The molecule has 0 aliphatic carbocycles. The van der Waals surface area contributed by atoms with Crippen molar-refractivity contribution < 1.29 is 23.9 Å². The number of rotatable bonds is 8. The Morgan fingerprint density at radius 2 is 1.95 bits per heavy atom. The Morgan fingerprint density at radius 1 is 1.18 bits per heavy atom. The number of benzene rings is 2. The van der Waals surface area contributed by atoms with Crippen LogP contribution in [0.5, 0.6) is 0 Å². The molecule has 0 bridgehead atoms. The maximum Gasteiger partial charge on any atom is 0.303 e. The Bertz CT molecular complexity index is 1530. The van der Waals surface area contributed by atoms with Crippen LogP contribution in [0, 0.1) is 0 Å². The van der Waals surface area contributed by atoms with Gasteiger partial charge in [-0.15, -0.1) is 11.8 Å². The smallest absolute Gasteiger partial charge is 0.303 e. The van der Waals surface area contributed by atoms with Gasteiger partial charge < -0.3 is 24.8 Å². The number of aryl methyl sites for hydroxylation is 1. The normalized spacial score (nSPS) is 18.9. The number of aromatic nitrogens is 1. The van der Waals surface area contributed by atoms with E-state index in [4.69, 9.17) is 28.3 Å². The van der Waals surface area contributed by atoms with E-state index in [0.717, 1.165) is 15.8 Å². The monoisotopic (exact) mass is 604 g/mol. The van der Waals surface area contributed by atoms with Crippen LogP contribution in [0.4, 0.5) is 10.1 Å². The fourth-order valence-electron chi connectivity index (χ4n) is 5.10. The number of aliphatic carboxylic acids is 1. The van der Waals surface area contributed by atoms with Crippen LogP contribution in [0.1, 0.15) is 35.2 Å². The molecule has 3 aromatic rings. The van der Waals surface area contributed by atoms with Crippen molar-refractivity contribution >= 4 is 69.3 Å². The van der Waals surface area contributed by atoms with Gasteiger partial charge in [-0.1, -0.05) is 41.4 Å². The van der Waals surface area contributed by atoms with Crippen molar-refractivity contribution in [3.05, 3.63) is 74.9 Å². The van der Waals surface area contributed by atoms with Gasteiger partial charge in [0.15, 0.2) is 0 Å². The van der Waals surface area contributed by atoms with E-state index in [9.17, 15) is 18.8 Å². The fraction of sp³-hybridized carbons (Fsp3) is 0.321. The van der Waals surface area contributed by atoms with E-state index in [1.165, 1.54) is 22.7 Å². The van der Waals surface area contributed by atoms with Crippen molar-refractivity contribution in [2.75, 3.05) is 17.7 Å². The largest absolute Gasteiger partial charge is 0.481 e. The number of hydrogen-bond donors (Lipinski definition) is 2. The number of carboxylic acids is 1. The molecule has 1 saturated heterocycles. The Kier molecular flexibility index (Phi) is 8.30. The number of para-hydroxylation sites is 1. The lowest BCUT2D eigenvalue weighted by Gasteiger charge is -2.31. The average Bonchev–Trinajstić information content (AvgIpc) is 3.63. The Morgan fingerprint density at radius 3 is 2.73 bits per heavy atom. The molecule has 1 fully saturated rings. The predicted molar refractivity (Wildman–Crippen MR) is 155 cm³/mol. The highest BCUT2D eigenvalue weighted by Gasteiger charge is 2.39. The molecule has 0 spiro atoms. The topological polar surface area (TPSA) is 94.9 Å². The quantitative estimate of drug-likeness (QED) is 0.333. The van der Waals surface area contributed by atoms with Crippen molar-refractivity contribution in [2.45, 2.75) is 38.0 Å². The summed E-state index contributed by atoms with van der Waals surface area (Å²) in [6.07, 6.45) is 2.44. The maximum atomic E-state index is 14.5. The summed E-state index contributed by atoms with van der Waals surface area (Å²) >= 11 is 14.5. The lowest BCUT2D eigenvalue weighted by molar-refractivity contribution is -0.137. The number of fused-ring (bicyclic) bond motifs is 1. The van der Waals surface area contributed by atoms with Gasteiger partial charge in [-0.2, -0.15) is 0 Å². The van der Waals surface area contributed by atoms with Gasteiger partial charge in [0.05, 0.1) is 35.1 Å². The molecule has 2 aliphatic heterocycles. The molecule has 1 aromatic heterocycles. The molecular formula is C28H27Cl2FN4O4S. The van der Waals surface area contributed by atoms with Crippen LogP contribution >= 0.6 is 35.0 Å². The minimum atomic E-state index is -1.17. The minimum absolute atomic E-state index is 0.0172. The summed E-state index contributed by atoms with van der Waals surface area (Å²) in [5.41, 5.74) is 2.19. The van der Waals surface area contributed by atoms with Gasteiger partial charge in [0.25, 0.3) is 5.91 Å². The molecule has 40 heavy (non-hydrogen) atoms. The van der Waals surface area contributed by atoms with Gasteiger partial charge in [0.2, 0.25) is 5.91 Å². The van der Waals surface area contributed by atoms with E-state index >= 15 is 0 Å². The number of nitrogens with one attached hydrogen (secondary N) is 1. The first-order chi connectivity index (χ1) is 19.1. The first kappa shape index (κ1) is 28.3. The second-order valence-corrected chi connectivity index (χ2v) is 11.7. The third-order valence-electron chi connectivity index (χ3n) is 7.09. The number of alkyl halides is 1. The zero-order valence-corrected chi connectivity index (χ0v) is 23.9. The first-order valence-corrected chi connectivity index (χ1v) is 14.4. The number of carboxylic acid groups (broad SMARTS) is 1. The van der Waals surface area contributed by atoms with Gasteiger partial charge >= 0.3 is 5.97 Å². The first-order valence-electron chi connectivity index (χ1n) is 12.7. The molecule has 2 atom stereocenters. The van der Waals surface area contributed by atoms with Gasteiger partial charge in [0.1, 0.15) is 12.3 Å². The van der Waals surface area contributed by atoms with Gasteiger partial charge in [-0.3, -0.25) is 14.4 Å². The summed E-state index contributed by atoms with van der Waals surface area (Å²) in [5, 5.41) is 13.0. The zero-order valence-electron chi connectivity index (χ0n) is 21.6. The molecule has 3 heterocycles. The number of amides is 2. The predicted octanol–water partition coefficient (Wildman–Crippen LogP) is 5.89. The standard InChI is InChI=1S/C28H27Cl2FN4O4S/c1-33-14-20(19-4-2-3-5-24(19)33)28(39)32-23-11-21(29)16(8-22(23)30)9-26(36)35-12-17(31)10-25(35)34-13-18(40-15-34)6-7-27(37)38/h2-5,8,11,13-14,17,25H,6-7,9-10,12,15H2,1H3,(H,32,39)(H,37,38)/t17-,25?/m0/s1. The molecule has 2 amide bonds. The summed E-state index contributed by atoms with van der Waals surface area (Å²) in [5.74, 6) is -0.996. The molecule has 2 N–H and O–H groups in total. The van der Waals surface area contributed by atoms with Gasteiger partial charge in [-0.25, -0.2) is 4.39 Å². The molecule has 2 aliphatic rings. The molecule has 5 rings (SSSR count). The Balaban J connectivity index is 1.28. The molecule has 2 aromatic carbocycles. The van der Waals surface area contributed by atoms with E-state index < -0.39 is 18.3 Å². The highest BCUT2D eigenvalue weighted by molar-refractivity contribution is 8.03. The van der Waals surface area contributed by atoms with E-state index in [0.29, 0.717) is 29.1 Å². The molecule has 0 saturated carbocycles. The van der Waals surface area contributed by atoms with Crippen molar-refractivity contribution in [2.24, 2.45) is 7.05 Å². The van der Waals surface area contributed by atoms with Crippen molar-refractivity contribution in [3.63, 3.8) is 0 Å². The number of hydrogen-bond acceptors (Lipinski definition) is 5. The SMILES string of the molecule is Cn1cc(C(=O)Nc2cc(Cl)c(CC(=O)N3C[C@@H](F)CC3N3C=C(CCC(=O)O)SC3)cc2Cl)c2ccccc21. The Labute approximate surface area is 244 Å². The summed E-state index contributed by atoms with van der Waals surface area (Å²) in [4.78, 5) is 41.6. The van der Waals surface area contributed by atoms with E-state index in [1.807, 2.05) is 47.0 Å². The van der Waals surface area contributed by atoms with Gasteiger partial charge in [-0.05, 0) is 30.2 Å². The second kappa shape index (κ2) is 11.7. The average molecular weight is 606 g/mol. The minimum Gasteiger partial charge on any atom is -0.481 e. The third-order valence-corrected chi connectivity index (χ3v) is 8.86. The number of allylic oxidation sites excluding steroid dienone is 1. The number of likely N-dealkylation sites (tertiary alicyclic amines) is 1. The van der Waals surface area contributed by atoms with Crippen LogP contribution in [0.15, 0.2) is 53.7 Å². The highest BCUT2D eigenvalue weighted by atomic mass is 35.5. The van der Waals surface area contributed by atoms with Crippen molar-refractivity contribution in [1.29, 1.82) is 0 Å². The molecule has 1 unspecified atom stereocenters. The maximum absolute atomic E-state index is 14.5. The lowest BCUT2D eigenvalue weighted by Crippen LogP contribution is -2.44. The number of nitrogens with zero attached hydrogens (tertiary/aromatic N) is 3. The number of carbonyl (C=O) groups excluding carboxylic acids is 2. The van der Waals surface area contributed by atoms with Crippen LogP contribution in [-0.2, 0) is 23.1 Å². The van der Waals surface area contributed by atoms with E-state index in [-0.39, 0.29) is 47.7 Å². The van der Waals surface area contributed by atoms with Crippen LogP contribution < -0.4 is 5.32 Å². The van der Waals surface area contributed by atoms with E-state index in [1.54, 1.807) is 12.3 Å². The second-order valence-electron chi connectivity index (χ2n) is 9.86. The number of halogens is 3. The number of carbonyl (C=O) groups is 3. The van der Waals surface area contributed by atoms with Crippen molar-refractivity contribution in [3.8, 4) is 0 Å². The van der Waals surface area contributed by atoms with Crippen molar-refractivity contribution in [1.82, 2.24) is 14.4 Å². The molecule has 210 valence electrons. The highest BCUT2D eigenvalue weighted by Crippen LogP contribution is 2.36. The van der Waals surface area contributed by atoms with Gasteiger partial charge in [0, 0.05) is 53.1 Å². The molecule has 12 heteroatoms. The van der Waals surface area contributed by atoms with Crippen LogP contribution in [-0.4, -0.2) is 62.0 Å². The molecule has 8 nitrogen and oxygen atoms in total. The van der Waals surface area contributed by atoms with Crippen LogP contribution in [0.25, 0.3) is 10.9 Å². The number of thioether (sulfide) groups is 1. The lowest BCUT2D eigenvalue weighted by atomic mass is 10.1. The summed E-state index contributed by atoms with van der Waals surface area (Å²) in [6.45, 7) is -0.0342. The summed E-state index contributed by atoms with van der Waals surface area (Å²) < 4.78 is 16.3. The summed E-state index contributed by atoms with van der Waals surface area (Å²) in [7, 11) is 1.86. The fourth-order valence-corrected chi connectivity index (χ4v) is 6.58. The van der Waals surface area contributed by atoms with Crippen LogP contribution in [0.3, 0.4) is 0 Å². The number of anilines is 1. The van der Waals surface area contributed by atoms with E-state index in [2.05, 4.69) is 5.32 Å². The Hall–Kier alpha value is -3.21. The zero-order chi connectivity index (χ0) is 28.6. The molecule has 0 radical (unpaired) electrons. The van der Waals surface area contributed by atoms with Crippen LogP contribution in [0.2, 0.25) is 10.0 Å². The molecular weight excluding hydrogens is 578 g/mol.